The lowest BCUT2D eigenvalue weighted by atomic mass is 10.7. The Hall–Kier alpha value is -0.720. The van der Waals surface area contributed by atoms with E-state index in [1.165, 1.54) is 0 Å². The number of hydrogen-bond acceptors (Lipinski definition) is 4. The van der Waals surface area contributed by atoms with Crippen molar-refractivity contribution >= 4 is 0 Å². The Morgan fingerprint density at radius 2 is 2.44 bits per heavy atom. The zero-order chi connectivity index (χ0) is 6.91. The third-order valence-corrected chi connectivity index (χ3v) is 1.15. The van der Waals surface area contributed by atoms with Gasteiger partial charge in [-0.1, -0.05) is 0 Å². The van der Waals surface area contributed by atoms with Crippen LogP contribution in [0.15, 0.2) is 0 Å². The maximum atomic E-state index is 10.7. The first-order valence-electron chi connectivity index (χ1n) is 2.46. The minimum atomic E-state index is -1.46. The molecule has 1 saturated heterocycles. The van der Waals surface area contributed by atoms with Crippen molar-refractivity contribution in [2.45, 2.75) is 0 Å². The number of rotatable bonds is 1. The van der Waals surface area contributed by atoms with Crippen LogP contribution in [0.25, 0.3) is 0 Å². The Bertz CT molecular complexity index is 130. The number of hydrogen-bond donors (Lipinski definition) is 1. The second-order valence-corrected chi connectivity index (χ2v) is 1.80. The lowest BCUT2D eigenvalue weighted by molar-refractivity contribution is -1.27. The van der Waals surface area contributed by atoms with E-state index in [1.807, 2.05) is 0 Å². The van der Waals surface area contributed by atoms with Gasteiger partial charge in [-0.3, -0.25) is 5.32 Å². The molecule has 6 nitrogen and oxygen atoms in total. The van der Waals surface area contributed by atoms with Gasteiger partial charge in [-0.2, -0.15) is 0 Å². The monoisotopic (exact) mass is 132 g/mol. The van der Waals surface area contributed by atoms with Crippen LogP contribution in [-0.4, -0.2) is 22.9 Å². The summed E-state index contributed by atoms with van der Waals surface area (Å²) in [4.78, 5) is 9.92. The average molecular weight is 132 g/mol. The molecule has 0 spiro atoms. The molecule has 0 aromatic carbocycles. The fourth-order valence-electron chi connectivity index (χ4n) is 0.625. The molecule has 0 aromatic heterocycles. The normalized spacial score (nSPS) is 34.8. The molecule has 0 aliphatic carbocycles. The second-order valence-electron chi connectivity index (χ2n) is 1.80. The van der Waals surface area contributed by atoms with Gasteiger partial charge >= 0.3 is 0 Å². The fraction of sp³-hybridized carbons (Fsp3) is 0.667. The highest BCUT2D eigenvalue weighted by molar-refractivity contribution is 4.58. The molecule has 0 saturated carbocycles. The lowest BCUT2D eigenvalue weighted by Gasteiger charge is -2.20. The van der Waals surface area contributed by atoms with E-state index in [2.05, 4.69) is 5.32 Å². The van der Waals surface area contributed by atoms with E-state index in [0.717, 1.165) is 6.67 Å². The lowest BCUT2D eigenvalue weighted by Crippen LogP contribution is -2.42. The van der Waals surface area contributed by atoms with Gasteiger partial charge in [0, 0.05) is 0 Å². The third-order valence-electron chi connectivity index (χ3n) is 1.15. The summed E-state index contributed by atoms with van der Waals surface area (Å²) in [6.45, 7) is 1.29. The van der Waals surface area contributed by atoms with Crippen molar-refractivity contribution in [3.63, 3.8) is 0 Å². The minimum Gasteiger partial charge on any atom is -0.568 e. The smallest absolute Gasteiger partial charge is 0.274 e. The molecular weight excluding hydrogens is 126 g/mol. The largest absolute Gasteiger partial charge is 0.568 e. The summed E-state index contributed by atoms with van der Waals surface area (Å²) in [6.07, 6.45) is 0. The summed E-state index contributed by atoms with van der Waals surface area (Å²) < 4.78 is -1.46. The first-order valence-corrected chi connectivity index (χ1v) is 2.46. The summed E-state index contributed by atoms with van der Waals surface area (Å²) in [5.41, 5.74) is 0. The SMILES string of the molecule is O=[N+]([O-])[N+]1([O-])[CH]NCC1. The molecule has 51 valence electrons. The van der Waals surface area contributed by atoms with Gasteiger partial charge in [0.1, 0.15) is 0 Å². The van der Waals surface area contributed by atoms with Crippen molar-refractivity contribution in [2.75, 3.05) is 13.1 Å². The van der Waals surface area contributed by atoms with Crippen LogP contribution in [-0.2, 0) is 0 Å². The summed E-state index contributed by atoms with van der Waals surface area (Å²) in [6, 6.07) is 0. The van der Waals surface area contributed by atoms with Crippen molar-refractivity contribution in [1.82, 2.24) is 5.32 Å². The number of nitrogens with zero attached hydrogens (tertiary/aromatic N) is 2. The van der Waals surface area contributed by atoms with Crippen LogP contribution < -0.4 is 5.32 Å². The van der Waals surface area contributed by atoms with E-state index in [0.29, 0.717) is 6.54 Å². The predicted molar refractivity (Wildman–Crippen MR) is 27.8 cm³/mol. The Morgan fingerprint density at radius 3 is 2.67 bits per heavy atom. The Balaban J connectivity index is 2.61. The highest BCUT2D eigenvalue weighted by Gasteiger charge is 2.35. The van der Waals surface area contributed by atoms with Crippen LogP contribution in [0, 0.1) is 22.0 Å². The van der Waals surface area contributed by atoms with Gasteiger partial charge < -0.3 is 5.21 Å². The molecule has 6 heteroatoms. The third kappa shape index (κ3) is 0.995. The molecule has 1 N–H and O–H groups in total. The van der Waals surface area contributed by atoms with E-state index in [-0.39, 0.29) is 6.54 Å². The maximum absolute atomic E-state index is 10.7. The topological polar surface area (TPSA) is 78.2 Å². The summed E-state index contributed by atoms with van der Waals surface area (Å²) in [7, 11) is 0. The molecule has 1 heterocycles. The Labute approximate surface area is 51.4 Å². The second kappa shape index (κ2) is 1.90. The maximum Gasteiger partial charge on any atom is 0.274 e. The predicted octanol–water partition coefficient (Wildman–Crippen LogP) is -0.785. The summed E-state index contributed by atoms with van der Waals surface area (Å²) >= 11 is 0. The standard InChI is InChI=1S/C3H6N3O3/c7-5(8)6(9)2-1-4-3-6/h3-4H,1-2H2. The van der Waals surface area contributed by atoms with Crippen LogP contribution in [0.3, 0.4) is 0 Å². The van der Waals surface area contributed by atoms with Crippen molar-refractivity contribution < 1.29 is 9.79 Å². The van der Waals surface area contributed by atoms with E-state index in [1.54, 1.807) is 0 Å². The number of nitro groups is 1. The van der Waals surface area contributed by atoms with Crippen LogP contribution >= 0.6 is 0 Å². The van der Waals surface area contributed by atoms with Crippen LogP contribution in [0.2, 0.25) is 0 Å². The van der Waals surface area contributed by atoms with Crippen LogP contribution in [0.1, 0.15) is 0 Å². The Kier molecular flexibility index (Phi) is 1.35. The number of nitrogens with one attached hydrogen (secondary N) is 1. The van der Waals surface area contributed by atoms with E-state index >= 15 is 0 Å². The molecule has 1 aliphatic rings. The van der Waals surface area contributed by atoms with E-state index < -0.39 is 9.79 Å². The van der Waals surface area contributed by atoms with Crippen molar-refractivity contribution in [3.05, 3.63) is 22.0 Å². The molecule has 1 unspecified atom stereocenters. The first-order chi connectivity index (χ1) is 4.15. The quantitative estimate of drug-likeness (QED) is 0.219. The van der Waals surface area contributed by atoms with E-state index in [9.17, 15) is 15.3 Å². The van der Waals surface area contributed by atoms with Gasteiger partial charge in [-0.25, -0.2) is 10.1 Å². The van der Waals surface area contributed by atoms with Gasteiger partial charge in [-0.15, -0.1) is 0 Å². The van der Waals surface area contributed by atoms with Gasteiger partial charge in [0.05, 0.1) is 6.54 Å². The molecule has 1 aliphatic heterocycles. The minimum absolute atomic E-state index is 0.0208. The summed E-state index contributed by atoms with van der Waals surface area (Å²) in [5.74, 6) is 0. The van der Waals surface area contributed by atoms with E-state index in [4.69, 9.17) is 0 Å². The molecule has 1 atom stereocenters. The van der Waals surface area contributed by atoms with Crippen LogP contribution in [0.5, 0.6) is 0 Å². The van der Waals surface area contributed by atoms with Crippen molar-refractivity contribution in [1.29, 1.82) is 0 Å². The van der Waals surface area contributed by atoms with Gasteiger partial charge in [0.15, 0.2) is 6.54 Å². The molecule has 9 heavy (non-hydrogen) atoms. The summed E-state index contributed by atoms with van der Waals surface area (Å²) in [5, 5.41) is 22.3. The fourth-order valence-corrected chi connectivity index (χ4v) is 0.625. The van der Waals surface area contributed by atoms with Crippen LogP contribution in [0.4, 0.5) is 0 Å². The molecule has 0 bridgehead atoms. The highest BCUT2D eigenvalue weighted by Crippen LogP contribution is 2.09. The molecule has 1 rings (SSSR count). The number of hydroxylamine groups is 2. The molecule has 1 fully saturated rings. The first kappa shape index (κ1) is 6.40. The zero-order valence-corrected chi connectivity index (χ0v) is 4.61. The zero-order valence-electron chi connectivity index (χ0n) is 4.61. The number of quaternary nitrogens is 1. The van der Waals surface area contributed by atoms with Gasteiger partial charge in [0.2, 0.25) is 5.03 Å². The van der Waals surface area contributed by atoms with Gasteiger partial charge in [0.25, 0.3) is 6.67 Å². The molecule has 0 aromatic rings. The van der Waals surface area contributed by atoms with Crippen molar-refractivity contribution in [3.8, 4) is 0 Å². The Morgan fingerprint density at radius 1 is 1.78 bits per heavy atom. The highest BCUT2D eigenvalue weighted by atomic mass is 16.8. The molecule has 1 radical (unpaired) electrons. The van der Waals surface area contributed by atoms with Gasteiger partial charge in [-0.05, 0) is 4.76 Å². The average Bonchev–Trinajstić information content (AvgIpc) is 2.16. The van der Waals surface area contributed by atoms with Crippen molar-refractivity contribution in [2.24, 2.45) is 0 Å². The molecular formula is C3H6N3O3. The molecule has 0 amide bonds.